The van der Waals surface area contributed by atoms with E-state index in [0.717, 1.165) is 28.1 Å². The molecule has 40 heavy (non-hydrogen) atoms. The zero-order valence-corrected chi connectivity index (χ0v) is 22.3. The first kappa shape index (κ1) is 25.2. The second kappa shape index (κ2) is 10.6. The van der Waals surface area contributed by atoms with Gasteiger partial charge in [-0.3, -0.25) is 9.36 Å². The first-order chi connectivity index (χ1) is 19.6. The Labute approximate surface area is 229 Å². The third-order valence-electron chi connectivity index (χ3n) is 7.01. The Hall–Kier alpha value is -5.12. The molecule has 0 saturated heterocycles. The standard InChI is InChI=1S/C30H28N8O2/c1-3-18-36-29(39)26-28(38(30(36)40)22-10-6-5-7-11-22)31-25(4-2)37(26)19-20-14-16-21(17-15-20)23-12-8-9-13-24(23)27-32-34-35-33-27/h5-17H,3-4,18-19H2,1-2H3,(H,32,33,34,35). The number of hydrogen-bond donors (Lipinski definition) is 1. The highest BCUT2D eigenvalue weighted by molar-refractivity contribution is 5.80. The predicted octanol–water partition coefficient (Wildman–Crippen LogP) is 4.22. The fourth-order valence-electron chi connectivity index (χ4n) is 5.13. The van der Waals surface area contributed by atoms with E-state index in [1.54, 1.807) is 4.57 Å². The van der Waals surface area contributed by atoms with Gasteiger partial charge in [0, 0.05) is 25.1 Å². The number of nitrogens with zero attached hydrogens (tertiary/aromatic N) is 7. The lowest BCUT2D eigenvalue weighted by atomic mass is 9.98. The molecule has 0 atom stereocenters. The molecule has 200 valence electrons. The van der Waals surface area contributed by atoms with Crippen LogP contribution in [0.3, 0.4) is 0 Å². The largest absolute Gasteiger partial charge is 0.337 e. The molecular weight excluding hydrogens is 504 g/mol. The molecule has 6 aromatic rings. The van der Waals surface area contributed by atoms with Gasteiger partial charge in [0.2, 0.25) is 5.82 Å². The van der Waals surface area contributed by atoms with Gasteiger partial charge in [-0.05, 0) is 40.5 Å². The highest BCUT2D eigenvalue weighted by Gasteiger charge is 2.22. The number of fused-ring (bicyclic) bond motifs is 1. The van der Waals surface area contributed by atoms with Crippen molar-refractivity contribution in [3.8, 4) is 28.2 Å². The minimum absolute atomic E-state index is 0.313. The van der Waals surface area contributed by atoms with Crippen LogP contribution < -0.4 is 11.2 Å². The molecule has 0 spiro atoms. The lowest BCUT2D eigenvalue weighted by molar-refractivity contribution is 0.604. The molecule has 0 bridgehead atoms. The number of tetrazole rings is 1. The van der Waals surface area contributed by atoms with Gasteiger partial charge in [-0.25, -0.2) is 14.3 Å². The van der Waals surface area contributed by atoms with E-state index in [-0.39, 0.29) is 11.2 Å². The van der Waals surface area contributed by atoms with Gasteiger partial charge >= 0.3 is 5.69 Å². The number of rotatable bonds is 8. The van der Waals surface area contributed by atoms with Gasteiger partial charge in [0.1, 0.15) is 5.82 Å². The maximum Gasteiger partial charge on any atom is 0.337 e. The van der Waals surface area contributed by atoms with Crippen LogP contribution in [0.2, 0.25) is 0 Å². The molecule has 10 heteroatoms. The van der Waals surface area contributed by atoms with Crippen molar-refractivity contribution in [1.82, 2.24) is 39.3 Å². The zero-order valence-electron chi connectivity index (χ0n) is 22.3. The number of aromatic nitrogens is 8. The molecule has 0 fully saturated rings. The molecule has 0 aliphatic carbocycles. The van der Waals surface area contributed by atoms with Gasteiger partial charge in [-0.2, -0.15) is 5.21 Å². The van der Waals surface area contributed by atoms with E-state index in [4.69, 9.17) is 4.98 Å². The number of nitrogens with one attached hydrogen (secondary N) is 1. The van der Waals surface area contributed by atoms with E-state index in [9.17, 15) is 9.59 Å². The summed E-state index contributed by atoms with van der Waals surface area (Å²) in [6.45, 7) is 4.74. The minimum Gasteiger partial charge on any atom is -0.318 e. The van der Waals surface area contributed by atoms with Crippen LogP contribution in [0.1, 0.15) is 31.7 Å². The van der Waals surface area contributed by atoms with Crippen LogP contribution in [0.25, 0.3) is 39.4 Å². The first-order valence-electron chi connectivity index (χ1n) is 13.3. The second-order valence-electron chi connectivity index (χ2n) is 9.53. The van der Waals surface area contributed by atoms with Gasteiger partial charge in [0.15, 0.2) is 11.2 Å². The topological polar surface area (TPSA) is 116 Å². The van der Waals surface area contributed by atoms with Crippen LogP contribution >= 0.6 is 0 Å². The molecule has 10 nitrogen and oxygen atoms in total. The minimum atomic E-state index is -0.373. The molecule has 0 radical (unpaired) electrons. The molecule has 6 rings (SSSR count). The van der Waals surface area contributed by atoms with Gasteiger partial charge < -0.3 is 4.57 Å². The van der Waals surface area contributed by atoms with Gasteiger partial charge in [0.25, 0.3) is 5.56 Å². The van der Waals surface area contributed by atoms with Crippen LogP contribution in [0.15, 0.2) is 88.5 Å². The molecule has 0 amide bonds. The molecule has 0 aliphatic heterocycles. The van der Waals surface area contributed by atoms with Gasteiger partial charge in [-0.15, -0.1) is 10.2 Å². The Morgan fingerprint density at radius 1 is 0.825 bits per heavy atom. The van der Waals surface area contributed by atoms with Crippen LogP contribution in [0.4, 0.5) is 0 Å². The lowest BCUT2D eigenvalue weighted by Gasteiger charge is -2.13. The van der Waals surface area contributed by atoms with Crippen molar-refractivity contribution in [2.45, 2.75) is 39.8 Å². The maximum atomic E-state index is 13.7. The van der Waals surface area contributed by atoms with E-state index >= 15 is 0 Å². The highest BCUT2D eigenvalue weighted by Crippen LogP contribution is 2.30. The maximum absolute atomic E-state index is 13.7. The van der Waals surface area contributed by atoms with Crippen molar-refractivity contribution in [2.24, 2.45) is 0 Å². The molecule has 0 saturated carbocycles. The predicted molar refractivity (Wildman–Crippen MR) is 153 cm³/mol. The summed E-state index contributed by atoms with van der Waals surface area (Å²) in [5.41, 5.74) is 4.71. The zero-order chi connectivity index (χ0) is 27.6. The van der Waals surface area contributed by atoms with E-state index in [0.29, 0.717) is 48.6 Å². The van der Waals surface area contributed by atoms with Gasteiger partial charge in [0.05, 0.1) is 5.69 Å². The molecule has 3 aromatic heterocycles. The first-order valence-corrected chi connectivity index (χ1v) is 13.3. The quantitative estimate of drug-likeness (QED) is 0.314. The van der Waals surface area contributed by atoms with Crippen molar-refractivity contribution >= 4 is 11.2 Å². The summed E-state index contributed by atoms with van der Waals surface area (Å²) in [7, 11) is 0. The molecule has 0 aliphatic rings. The number of hydrogen-bond acceptors (Lipinski definition) is 6. The molecule has 3 aromatic carbocycles. The summed E-state index contributed by atoms with van der Waals surface area (Å²) in [6.07, 6.45) is 1.28. The van der Waals surface area contributed by atoms with E-state index in [2.05, 4.69) is 20.6 Å². The third kappa shape index (κ3) is 4.33. The Balaban J connectivity index is 1.46. The number of H-pyrrole nitrogens is 1. The monoisotopic (exact) mass is 532 g/mol. The number of aryl methyl sites for hydroxylation is 1. The van der Waals surface area contributed by atoms with Crippen molar-refractivity contribution in [1.29, 1.82) is 0 Å². The summed E-state index contributed by atoms with van der Waals surface area (Å²) in [5, 5.41) is 14.5. The van der Waals surface area contributed by atoms with Crippen molar-refractivity contribution in [3.63, 3.8) is 0 Å². The van der Waals surface area contributed by atoms with Crippen LogP contribution in [-0.4, -0.2) is 39.3 Å². The number of aromatic amines is 1. The van der Waals surface area contributed by atoms with E-state index < -0.39 is 0 Å². The van der Waals surface area contributed by atoms with Crippen molar-refractivity contribution in [2.75, 3.05) is 0 Å². The SMILES string of the molecule is CCCn1c(=O)c2c(nc(CC)n2Cc2ccc(-c3ccccc3-c3nn[nH]n3)cc2)n(-c2ccccc2)c1=O. The smallest absolute Gasteiger partial charge is 0.318 e. The number of para-hydroxylation sites is 1. The Bertz CT molecular complexity index is 1900. The Morgan fingerprint density at radius 3 is 2.23 bits per heavy atom. The fourth-order valence-corrected chi connectivity index (χ4v) is 5.13. The summed E-state index contributed by atoms with van der Waals surface area (Å²) < 4.78 is 4.83. The summed E-state index contributed by atoms with van der Waals surface area (Å²) in [5.74, 6) is 1.28. The van der Waals surface area contributed by atoms with E-state index in [1.807, 2.05) is 97.3 Å². The van der Waals surface area contributed by atoms with Crippen LogP contribution in [0, 0.1) is 0 Å². The van der Waals surface area contributed by atoms with Crippen LogP contribution in [-0.2, 0) is 19.5 Å². The second-order valence-corrected chi connectivity index (χ2v) is 9.53. The molecule has 3 heterocycles. The van der Waals surface area contributed by atoms with E-state index in [1.165, 1.54) is 4.57 Å². The Morgan fingerprint density at radius 2 is 1.55 bits per heavy atom. The normalized spacial score (nSPS) is 11.3. The Kier molecular flexibility index (Phi) is 6.65. The fraction of sp³-hybridized carbons (Fsp3) is 0.200. The van der Waals surface area contributed by atoms with Crippen molar-refractivity contribution < 1.29 is 0 Å². The van der Waals surface area contributed by atoms with Crippen molar-refractivity contribution in [3.05, 3.63) is 111 Å². The number of imidazole rings is 1. The summed E-state index contributed by atoms with van der Waals surface area (Å²) in [6, 6.07) is 25.5. The molecule has 0 unspecified atom stereocenters. The number of benzene rings is 3. The average molecular weight is 533 g/mol. The average Bonchev–Trinajstić information content (AvgIpc) is 3.65. The lowest BCUT2D eigenvalue weighted by Crippen LogP contribution is -2.40. The van der Waals surface area contributed by atoms with Gasteiger partial charge in [-0.1, -0.05) is 80.6 Å². The summed E-state index contributed by atoms with van der Waals surface area (Å²) in [4.78, 5) is 32.1. The summed E-state index contributed by atoms with van der Waals surface area (Å²) >= 11 is 0. The third-order valence-corrected chi connectivity index (χ3v) is 7.01. The van der Waals surface area contributed by atoms with Crippen LogP contribution in [0.5, 0.6) is 0 Å². The molecule has 1 N–H and O–H groups in total. The highest BCUT2D eigenvalue weighted by atomic mass is 16.2. The molecular formula is C30H28N8O2.